The highest BCUT2D eigenvalue weighted by Gasteiger charge is 2.53. The molecule has 16 aromatic rings. The molecule has 5 aliphatic carbocycles. The predicted molar refractivity (Wildman–Crippen MR) is 395 cm³/mol. The molecule has 0 saturated heterocycles. The maximum absolute atomic E-state index is 2.53. The number of rotatable bonds is 6. The van der Waals surface area contributed by atoms with Gasteiger partial charge in [-0.25, -0.2) is 0 Å². The maximum atomic E-state index is 2.53. The SMILES string of the molecule is C1=c2c(-c3ccccc3)c3ccc(-c4ccc(-n5c6ccc(-c7ccc8c(c7)C7(c9ccccc9-c9ccccc97)c7ccccc7-8)cc6c6cc(-c7ccc8c(c7)C7(c9ccccc9-c9ccccc97)c7ccccc7-8)ccc65)cc4)cc3c(-c3ccccc3)c2=CCC1. The van der Waals surface area contributed by atoms with Gasteiger partial charge in [0, 0.05) is 16.5 Å². The van der Waals surface area contributed by atoms with E-state index in [0.717, 1.165) is 18.5 Å². The van der Waals surface area contributed by atoms with E-state index in [1.54, 1.807) is 0 Å². The van der Waals surface area contributed by atoms with E-state index in [1.165, 1.54) is 188 Å². The van der Waals surface area contributed by atoms with Gasteiger partial charge < -0.3 is 4.57 Å². The number of fused-ring (bicyclic) bond motifs is 25. The van der Waals surface area contributed by atoms with Crippen LogP contribution >= 0.6 is 0 Å². The smallest absolute Gasteiger partial charge is 0.0725 e. The van der Waals surface area contributed by atoms with Crippen molar-refractivity contribution in [2.45, 2.75) is 23.7 Å². The fraction of sp³-hybridized carbons (Fsp3) is 0.0426. The Labute approximate surface area is 551 Å². The van der Waals surface area contributed by atoms with E-state index in [-0.39, 0.29) is 0 Å². The maximum Gasteiger partial charge on any atom is 0.0725 e. The van der Waals surface area contributed by atoms with E-state index in [0.29, 0.717) is 0 Å². The second-order valence-electron chi connectivity index (χ2n) is 26.7. The summed E-state index contributed by atoms with van der Waals surface area (Å²) in [5, 5.41) is 7.68. The van der Waals surface area contributed by atoms with Crippen LogP contribution in [-0.2, 0) is 10.8 Å². The molecule has 440 valence electrons. The lowest BCUT2D eigenvalue weighted by atomic mass is 9.70. The summed E-state index contributed by atoms with van der Waals surface area (Å²) in [6.45, 7) is 0. The third-order valence-corrected chi connectivity index (χ3v) is 22.3. The van der Waals surface area contributed by atoms with Crippen molar-refractivity contribution in [1.82, 2.24) is 4.57 Å². The van der Waals surface area contributed by atoms with Crippen molar-refractivity contribution < 1.29 is 0 Å². The highest BCUT2D eigenvalue weighted by atomic mass is 15.0. The van der Waals surface area contributed by atoms with E-state index in [9.17, 15) is 0 Å². The summed E-state index contributed by atoms with van der Waals surface area (Å²) in [6.07, 6.45) is 7.02. The summed E-state index contributed by atoms with van der Waals surface area (Å²) in [5.41, 5.74) is 36.2. The Morgan fingerprint density at radius 1 is 0.211 bits per heavy atom. The first-order valence-corrected chi connectivity index (χ1v) is 33.6. The summed E-state index contributed by atoms with van der Waals surface area (Å²) in [5.74, 6) is 0. The van der Waals surface area contributed by atoms with Crippen LogP contribution in [-0.4, -0.2) is 4.57 Å². The Balaban J connectivity index is 0.751. The Bertz CT molecular complexity index is 5760. The fourth-order valence-corrected chi connectivity index (χ4v) is 18.4. The van der Waals surface area contributed by atoms with Crippen LogP contribution in [0.1, 0.15) is 57.3 Å². The molecule has 0 bridgehead atoms. The van der Waals surface area contributed by atoms with Gasteiger partial charge in [-0.2, -0.15) is 0 Å². The molecule has 0 aliphatic heterocycles. The average Bonchev–Trinajstić information content (AvgIpc) is 1.52. The first-order chi connectivity index (χ1) is 47.1. The summed E-state index contributed by atoms with van der Waals surface area (Å²) < 4.78 is 2.50. The van der Waals surface area contributed by atoms with Crippen molar-refractivity contribution in [2.24, 2.45) is 0 Å². The van der Waals surface area contributed by atoms with Gasteiger partial charge in [-0.15, -0.1) is 0 Å². The zero-order valence-corrected chi connectivity index (χ0v) is 52.1. The van der Waals surface area contributed by atoms with Crippen molar-refractivity contribution >= 4 is 44.7 Å². The molecule has 1 heteroatoms. The number of benzene rings is 15. The van der Waals surface area contributed by atoms with E-state index < -0.39 is 10.8 Å². The van der Waals surface area contributed by atoms with Gasteiger partial charge in [0.25, 0.3) is 0 Å². The molecule has 2 spiro atoms. The second kappa shape index (κ2) is 19.8. The first kappa shape index (κ1) is 52.7. The minimum absolute atomic E-state index is 0.437. The molecule has 0 fully saturated rings. The molecule has 0 N–H and O–H groups in total. The van der Waals surface area contributed by atoms with E-state index >= 15 is 0 Å². The van der Waals surface area contributed by atoms with Crippen LogP contribution in [0.25, 0.3) is 151 Å². The lowest BCUT2D eigenvalue weighted by Crippen LogP contribution is -2.31. The highest BCUT2D eigenvalue weighted by molar-refractivity contribution is 6.13. The Morgan fingerprint density at radius 2 is 0.516 bits per heavy atom. The molecule has 0 amide bonds. The normalized spacial score (nSPS) is 14.1. The van der Waals surface area contributed by atoms with Gasteiger partial charge in [0.05, 0.1) is 21.9 Å². The molecule has 0 radical (unpaired) electrons. The van der Waals surface area contributed by atoms with Gasteiger partial charge in [0.2, 0.25) is 0 Å². The second-order valence-corrected chi connectivity index (χ2v) is 26.7. The standard InChI is InChI=1S/C94H59N/c1-3-21-59(22-4-1)91-75-31-7-8-32-76(75)92(60-23-5-2-6-24-60)80-55-61(43-50-77(80)91)58-39-46-66(47-40-58)95-89-51-44-62(64-41-48-73-71-29-13-19-37-85(71)93(87(73)56-64)81-33-15-9-25-67(81)68-26-10-16-34-82(68)93)53-78(89)79-54-63(45-52-90(79)95)65-42-49-74-72-30-14-20-38-86(72)94(88(74)57-65)83-35-17-11-27-69(83)70-28-12-18-36-84(70)94/h1-6,9-57H,7-8H2. The number of hydrogen-bond acceptors (Lipinski definition) is 0. The quantitative estimate of drug-likeness (QED) is 0.156. The van der Waals surface area contributed by atoms with Gasteiger partial charge >= 0.3 is 0 Å². The van der Waals surface area contributed by atoms with Crippen LogP contribution in [0.5, 0.6) is 0 Å². The van der Waals surface area contributed by atoms with Crippen molar-refractivity contribution in [3.05, 3.63) is 376 Å². The molecular formula is C94H59N. The van der Waals surface area contributed by atoms with Crippen molar-refractivity contribution in [3.8, 4) is 106 Å². The van der Waals surface area contributed by atoms with Crippen molar-refractivity contribution in [2.75, 3.05) is 0 Å². The molecule has 5 aliphatic rings. The summed E-state index contributed by atoms with van der Waals surface area (Å²) >= 11 is 0. The van der Waals surface area contributed by atoms with Crippen LogP contribution in [0.2, 0.25) is 0 Å². The van der Waals surface area contributed by atoms with Crippen LogP contribution in [0.15, 0.2) is 322 Å². The average molecular weight is 1200 g/mol. The van der Waals surface area contributed by atoms with E-state index in [2.05, 4.69) is 338 Å². The molecule has 1 aromatic heterocycles. The third kappa shape index (κ3) is 7.11. The van der Waals surface area contributed by atoms with Crippen LogP contribution in [0, 0.1) is 0 Å². The molecule has 0 saturated carbocycles. The van der Waals surface area contributed by atoms with Crippen LogP contribution < -0.4 is 10.4 Å². The lowest BCUT2D eigenvalue weighted by Gasteiger charge is -2.30. The summed E-state index contributed by atoms with van der Waals surface area (Å²) in [7, 11) is 0. The molecule has 15 aromatic carbocycles. The van der Waals surface area contributed by atoms with Crippen LogP contribution in [0.3, 0.4) is 0 Å². The van der Waals surface area contributed by atoms with Crippen LogP contribution in [0.4, 0.5) is 0 Å². The number of hydrogen-bond donors (Lipinski definition) is 0. The predicted octanol–water partition coefficient (Wildman–Crippen LogP) is 22.3. The first-order valence-electron chi connectivity index (χ1n) is 33.6. The molecular weight excluding hydrogens is 1140 g/mol. The van der Waals surface area contributed by atoms with E-state index in [4.69, 9.17) is 0 Å². The third-order valence-electron chi connectivity index (χ3n) is 22.3. The Morgan fingerprint density at radius 3 is 0.926 bits per heavy atom. The largest absolute Gasteiger partial charge is 0.309 e. The zero-order chi connectivity index (χ0) is 62.1. The van der Waals surface area contributed by atoms with Gasteiger partial charge in [-0.3, -0.25) is 0 Å². The molecule has 95 heavy (non-hydrogen) atoms. The number of nitrogens with zero attached hydrogens (tertiary/aromatic N) is 1. The van der Waals surface area contributed by atoms with Gasteiger partial charge in [0.1, 0.15) is 0 Å². The van der Waals surface area contributed by atoms with E-state index in [1.807, 2.05) is 0 Å². The molecule has 1 nitrogen and oxygen atoms in total. The Kier molecular flexibility index (Phi) is 11.0. The Hall–Kier alpha value is -11.9. The zero-order valence-electron chi connectivity index (χ0n) is 52.1. The minimum atomic E-state index is -0.437. The lowest BCUT2D eigenvalue weighted by molar-refractivity contribution is 0.794. The highest BCUT2D eigenvalue weighted by Crippen LogP contribution is 2.65. The molecule has 0 unspecified atom stereocenters. The summed E-state index contributed by atoms with van der Waals surface area (Å²) in [6, 6.07) is 122. The molecule has 21 rings (SSSR count). The van der Waals surface area contributed by atoms with Crippen molar-refractivity contribution in [1.29, 1.82) is 0 Å². The molecule has 0 atom stereocenters. The van der Waals surface area contributed by atoms with Crippen molar-refractivity contribution in [3.63, 3.8) is 0 Å². The monoisotopic (exact) mass is 1200 g/mol. The van der Waals surface area contributed by atoms with Gasteiger partial charge in [-0.05, 0) is 233 Å². The molecule has 1 heterocycles. The topological polar surface area (TPSA) is 4.93 Å². The number of aromatic nitrogens is 1. The fourth-order valence-electron chi connectivity index (χ4n) is 18.4. The summed E-state index contributed by atoms with van der Waals surface area (Å²) in [4.78, 5) is 0. The van der Waals surface area contributed by atoms with Gasteiger partial charge in [-0.1, -0.05) is 279 Å². The minimum Gasteiger partial charge on any atom is -0.309 e. The van der Waals surface area contributed by atoms with Gasteiger partial charge in [0.15, 0.2) is 0 Å².